The summed E-state index contributed by atoms with van der Waals surface area (Å²) in [6, 6.07) is 6.25. The molecule has 4 nitrogen and oxygen atoms in total. The van der Waals surface area contributed by atoms with Crippen LogP contribution in [0.3, 0.4) is 0 Å². The van der Waals surface area contributed by atoms with Crippen molar-refractivity contribution < 1.29 is 22.5 Å². The van der Waals surface area contributed by atoms with Crippen LogP contribution in [0.25, 0.3) is 21.9 Å². The van der Waals surface area contributed by atoms with E-state index in [1.165, 1.54) is 6.07 Å². The van der Waals surface area contributed by atoms with E-state index < -0.39 is 30.7 Å². The van der Waals surface area contributed by atoms with Gasteiger partial charge in [0.25, 0.3) is 0 Å². The van der Waals surface area contributed by atoms with Crippen molar-refractivity contribution in [2.24, 2.45) is 0 Å². The van der Waals surface area contributed by atoms with E-state index in [1.54, 1.807) is 18.2 Å². The first-order valence-electron chi connectivity index (χ1n) is 8.34. The van der Waals surface area contributed by atoms with Crippen molar-refractivity contribution in [2.45, 2.75) is 45.4 Å². The largest absolute Gasteiger partial charge is 0.494 e. The van der Waals surface area contributed by atoms with E-state index in [0.717, 1.165) is 10.8 Å². The summed E-state index contributed by atoms with van der Waals surface area (Å²) in [6.45, 7) is 4.90. The molecule has 3 aromatic rings. The quantitative estimate of drug-likeness (QED) is 0.646. The summed E-state index contributed by atoms with van der Waals surface area (Å²) >= 11 is 0. The summed E-state index contributed by atoms with van der Waals surface area (Å²) in [6.07, 6.45) is 0.940. The third-order valence-corrected chi connectivity index (χ3v) is 5.35. The van der Waals surface area contributed by atoms with E-state index >= 15 is 0 Å². The van der Waals surface area contributed by atoms with Crippen molar-refractivity contribution in [3.63, 3.8) is 0 Å². The molecule has 8 heteroatoms. The topological polar surface area (TPSA) is 36.3 Å². The molecule has 1 saturated heterocycles. The molecule has 0 spiro atoms. The van der Waals surface area contributed by atoms with Crippen LogP contribution in [0.5, 0.6) is 0 Å². The monoisotopic (exact) mass is 362 g/mol. The van der Waals surface area contributed by atoms with Crippen LogP contribution in [0.1, 0.15) is 34.2 Å². The number of hydrogen-bond donors (Lipinski definition) is 0. The maximum absolute atomic E-state index is 13.7. The zero-order valence-corrected chi connectivity index (χ0v) is 14.9. The Morgan fingerprint density at radius 1 is 1.04 bits per heavy atom. The second kappa shape index (κ2) is 5.47. The van der Waals surface area contributed by atoms with Crippen LogP contribution in [0.2, 0.25) is 0 Å². The Morgan fingerprint density at radius 3 is 2.31 bits per heavy atom. The molecule has 0 saturated carbocycles. The SMILES string of the molecule is CC1(C)OB(c2ccc3c4cc(F)cnc4n(C(F)F)c3c2)OC1(C)C. The minimum atomic E-state index is -2.80. The lowest BCUT2D eigenvalue weighted by Crippen LogP contribution is -2.41. The van der Waals surface area contributed by atoms with Crippen LogP contribution >= 0.6 is 0 Å². The minimum absolute atomic E-state index is 0.0440. The van der Waals surface area contributed by atoms with Gasteiger partial charge in [-0.15, -0.1) is 0 Å². The number of benzene rings is 1. The van der Waals surface area contributed by atoms with Gasteiger partial charge in [0, 0.05) is 10.8 Å². The zero-order valence-electron chi connectivity index (χ0n) is 14.9. The highest BCUT2D eigenvalue weighted by atomic mass is 19.3. The van der Waals surface area contributed by atoms with Gasteiger partial charge >= 0.3 is 13.7 Å². The Hall–Kier alpha value is -2.06. The van der Waals surface area contributed by atoms with E-state index in [2.05, 4.69) is 4.98 Å². The third kappa shape index (κ3) is 2.43. The fourth-order valence-electron chi connectivity index (χ4n) is 3.24. The lowest BCUT2D eigenvalue weighted by atomic mass is 9.79. The molecule has 0 radical (unpaired) electrons. The molecule has 136 valence electrons. The van der Waals surface area contributed by atoms with Crippen LogP contribution in [0.4, 0.5) is 13.2 Å². The average molecular weight is 362 g/mol. The molecular weight excluding hydrogens is 344 g/mol. The maximum Gasteiger partial charge on any atom is 0.494 e. The zero-order chi connectivity index (χ0) is 18.9. The van der Waals surface area contributed by atoms with Crippen LogP contribution in [0, 0.1) is 5.82 Å². The molecule has 26 heavy (non-hydrogen) atoms. The molecule has 0 amide bonds. The average Bonchev–Trinajstić information content (AvgIpc) is 2.97. The first kappa shape index (κ1) is 17.4. The first-order valence-corrected chi connectivity index (χ1v) is 8.34. The molecule has 0 atom stereocenters. The lowest BCUT2D eigenvalue weighted by molar-refractivity contribution is 0.00578. The van der Waals surface area contributed by atoms with Crippen molar-refractivity contribution >= 4 is 34.5 Å². The number of pyridine rings is 1. The van der Waals surface area contributed by atoms with Gasteiger partial charge in [-0.2, -0.15) is 8.78 Å². The van der Waals surface area contributed by atoms with Crippen LogP contribution in [0.15, 0.2) is 30.5 Å². The van der Waals surface area contributed by atoms with Gasteiger partial charge in [0.1, 0.15) is 11.5 Å². The van der Waals surface area contributed by atoms with Gasteiger partial charge in [-0.3, -0.25) is 4.57 Å². The van der Waals surface area contributed by atoms with Gasteiger partial charge in [-0.1, -0.05) is 12.1 Å². The number of halogens is 3. The molecule has 1 aliphatic heterocycles. The third-order valence-electron chi connectivity index (χ3n) is 5.35. The molecule has 1 fully saturated rings. The van der Waals surface area contributed by atoms with Gasteiger partial charge in [0.2, 0.25) is 0 Å². The summed E-state index contributed by atoms with van der Waals surface area (Å²) in [5, 5.41) is 0.855. The van der Waals surface area contributed by atoms with Crippen molar-refractivity contribution in [1.82, 2.24) is 9.55 Å². The molecule has 1 aromatic carbocycles. The summed E-state index contributed by atoms with van der Waals surface area (Å²) in [7, 11) is -0.668. The number of fused-ring (bicyclic) bond motifs is 3. The summed E-state index contributed by atoms with van der Waals surface area (Å²) in [5.74, 6) is -0.569. The normalized spacial score (nSPS) is 19.2. The number of rotatable bonds is 2. The molecule has 0 bridgehead atoms. The molecule has 2 aromatic heterocycles. The molecule has 0 aliphatic carbocycles. The summed E-state index contributed by atoms with van der Waals surface area (Å²) in [4.78, 5) is 3.86. The highest BCUT2D eigenvalue weighted by molar-refractivity contribution is 6.62. The molecule has 1 aliphatic rings. The maximum atomic E-state index is 13.7. The van der Waals surface area contributed by atoms with Crippen molar-refractivity contribution in [3.05, 3.63) is 36.3 Å². The van der Waals surface area contributed by atoms with Crippen molar-refractivity contribution in [2.75, 3.05) is 0 Å². The van der Waals surface area contributed by atoms with E-state index in [4.69, 9.17) is 9.31 Å². The molecule has 4 rings (SSSR count). The number of hydrogen-bond acceptors (Lipinski definition) is 3. The Balaban J connectivity index is 1.90. The Bertz CT molecular complexity index is 1000. The van der Waals surface area contributed by atoms with Gasteiger partial charge < -0.3 is 9.31 Å². The van der Waals surface area contributed by atoms with E-state index in [0.29, 0.717) is 16.2 Å². The van der Waals surface area contributed by atoms with E-state index in [9.17, 15) is 13.2 Å². The Morgan fingerprint density at radius 2 is 1.69 bits per heavy atom. The molecule has 0 unspecified atom stereocenters. The Labute approximate surface area is 149 Å². The Kier molecular flexibility index (Phi) is 3.65. The number of nitrogens with zero attached hydrogens (tertiary/aromatic N) is 2. The fraction of sp³-hybridized carbons (Fsp3) is 0.389. The molecule has 0 N–H and O–H groups in total. The fourth-order valence-corrected chi connectivity index (χ4v) is 3.24. The van der Waals surface area contributed by atoms with E-state index in [-0.39, 0.29) is 11.2 Å². The smallest absolute Gasteiger partial charge is 0.399 e. The van der Waals surface area contributed by atoms with Crippen LogP contribution in [-0.2, 0) is 9.31 Å². The van der Waals surface area contributed by atoms with Crippen molar-refractivity contribution in [1.29, 1.82) is 0 Å². The standard InChI is InChI=1S/C18H18BF3N2O2/c1-17(2)18(3,4)26-19(25-17)10-5-6-12-13-8-11(20)9-23-15(13)24(16(21)22)14(12)7-10/h5-9,16H,1-4H3. The lowest BCUT2D eigenvalue weighted by Gasteiger charge is -2.32. The van der Waals surface area contributed by atoms with E-state index in [1.807, 2.05) is 27.7 Å². The highest BCUT2D eigenvalue weighted by Gasteiger charge is 2.51. The number of aromatic nitrogens is 2. The van der Waals surface area contributed by atoms with Gasteiger partial charge in [-0.05, 0) is 45.3 Å². The van der Waals surface area contributed by atoms with Gasteiger partial charge in [0.05, 0.1) is 22.9 Å². The second-order valence-electron chi connectivity index (χ2n) is 7.54. The predicted molar refractivity (Wildman–Crippen MR) is 94.2 cm³/mol. The van der Waals surface area contributed by atoms with Crippen molar-refractivity contribution in [3.8, 4) is 0 Å². The number of alkyl halides is 2. The predicted octanol–water partition coefficient (Wildman–Crippen LogP) is 4.02. The second-order valence-corrected chi connectivity index (χ2v) is 7.54. The van der Waals surface area contributed by atoms with Crippen LogP contribution < -0.4 is 5.46 Å². The molecule has 3 heterocycles. The minimum Gasteiger partial charge on any atom is -0.399 e. The van der Waals surface area contributed by atoms with Gasteiger partial charge in [-0.25, -0.2) is 9.37 Å². The summed E-state index contributed by atoms with van der Waals surface area (Å²) in [5.41, 5.74) is -0.136. The highest BCUT2D eigenvalue weighted by Crippen LogP contribution is 2.37. The first-order chi connectivity index (χ1) is 12.1. The van der Waals surface area contributed by atoms with Crippen LogP contribution in [-0.4, -0.2) is 27.9 Å². The molecular formula is C18H18BF3N2O2. The summed E-state index contributed by atoms with van der Waals surface area (Å²) < 4.78 is 53.7. The van der Waals surface area contributed by atoms with Gasteiger partial charge in [0.15, 0.2) is 0 Å².